The van der Waals surface area contributed by atoms with Gasteiger partial charge in [0, 0.05) is 12.2 Å². The number of amides is 1. The number of benzene rings is 1. The van der Waals surface area contributed by atoms with Gasteiger partial charge in [-0.25, -0.2) is 9.36 Å². The first-order valence-corrected chi connectivity index (χ1v) is 9.24. The highest BCUT2D eigenvalue weighted by Gasteiger charge is 2.25. The molecule has 27 heavy (non-hydrogen) atoms. The van der Waals surface area contributed by atoms with E-state index in [0.29, 0.717) is 18.7 Å². The summed E-state index contributed by atoms with van der Waals surface area (Å²) in [5, 5.41) is 12.3. The molecule has 2 heterocycles. The number of nitrogens with zero attached hydrogens (tertiary/aromatic N) is 3. The van der Waals surface area contributed by atoms with Crippen molar-refractivity contribution in [3.05, 3.63) is 67.5 Å². The van der Waals surface area contributed by atoms with Gasteiger partial charge in [-0.15, -0.1) is 0 Å². The molecule has 0 saturated heterocycles. The zero-order valence-electron chi connectivity index (χ0n) is 14.9. The van der Waals surface area contributed by atoms with Crippen LogP contribution in [-0.4, -0.2) is 15.0 Å². The summed E-state index contributed by atoms with van der Waals surface area (Å²) in [7, 11) is 0. The van der Waals surface area contributed by atoms with E-state index in [2.05, 4.69) is 11.4 Å². The molecule has 1 N–H and O–H groups in total. The van der Waals surface area contributed by atoms with Gasteiger partial charge in [-0.1, -0.05) is 24.3 Å². The molecule has 4 rings (SSSR count). The van der Waals surface area contributed by atoms with Crippen LogP contribution < -0.4 is 16.6 Å². The quantitative estimate of drug-likeness (QED) is 0.879. The summed E-state index contributed by atoms with van der Waals surface area (Å²) in [6.45, 7) is 0.103. The van der Waals surface area contributed by atoms with Crippen LogP contribution in [0.15, 0.2) is 33.9 Å². The Bertz CT molecular complexity index is 1070. The van der Waals surface area contributed by atoms with E-state index in [1.807, 2.05) is 24.3 Å². The van der Waals surface area contributed by atoms with Gasteiger partial charge in [0.25, 0.3) is 5.56 Å². The van der Waals surface area contributed by atoms with Crippen molar-refractivity contribution in [1.29, 1.82) is 5.26 Å². The molecular formula is C20H20N4O3. The summed E-state index contributed by atoms with van der Waals surface area (Å²) >= 11 is 0. The van der Waals surface area contributed by atoms with Crippen LogP contribution in [0.3, 0.4) is 0 Å². The molecule has 7 nitrogen and oxygen atoms in total. The molecule has 0 spiro atoms. The molecule has 7 heteroatoms. The number of aryl methyl sites for hydroxylation is 1. The third-order valence-corrected chi connectivity index (χ3v) is 5.45. The Hall–Kier alpha value is -3.14. The minimum Gasteiger partial charge on any atom is -0.348 e. The molecule has 0 saturated carbocycles. The maximum atomic E-state index is 12.6. The lowest BCUT2D eigenvalue weighted by atomic mass is 9.88. The summed E-state index contributed by atoms with van der Waals surface area (Å²) in [5.74, 6) is -0.390. The maximum absolute atomic E-state index is 12.6. The Morgan fingerprint density at radius 2 is 2.04 bits per heavy atom. The highest BCUT2D eigenvalue weighted by molar-refractivity contribution is 5.76. The van der Waals surface area contributed by atoms with Crippen LogP contribution in [0.4, 0.5) is 0 Å². The van der Waals surface area contributed by atoms with Crippen molar-refractivity contribution in [3.8, 4) is 6.07 Å². The molecule has 1 aliphatic heterocycles. The minimum absolute atomic E-state index is 0.0251. The number of nitrogens with one attached hydrogen (secondary N) is 1. The van der Waals surface area contributed by atoms with Crippen LogP contribution in [0.25, 0.3) is 0 Å². The van der Waals surface area contributed by atoms with Crippen molar-refractivity contribution >= 4 is 5.91 Å². The minimum atomic E-state index is -0.671. The van der Waals surface area contributed by atoms with Gasteiger partial charge in [0.05, 0.1) is 6.04 Å². The molecule has 0 radical (unpaired) electrons. The molecule has 1 aromatic heterocycles. The van der Waals surface area contributed by atoms with Crippen LogP contribution in [0.1, 0.15) is 47.7 Å². The van der Waals surface area contributed by atoms with Gasteiger partial charge >= 0.3 is 5.69 Å². The Morgan fingerprint density at radius 1 is 1.22 bits per heavy atom. The van der Waals surface area contributed by atoms with Crippen LogP contribution in [0.2, 0.25) is 0 Å². The van der Waals surface area contributed by atoms with Crippen molar-refractivity contribution < 1.29 is 4.79 Å². The van der Waals surface area contributed by atoms with Gasteiger partial charge in [-0.05, 0) is 43.2 Å². The van der Waals surface area contributed by atoms with E-state index >= 15 is 0 Å². The fourth-order valence-electron chi connectivity index (χ4n) is 4.18. The van der Waals surface area contributed by atoms with E-state index in [1.165, 1.54) is 10.1 Å². The van der Waals surface area contributed by atoms with Gasteiger partial charge in [0.2, 0.25) is 5.91 Å². The van der Waals surface area contributed by atoms with Crippen molar-refractivity contribution in [2.75, 3.05) is 0 Å². The number of aromatic nitrogens is 2. The first-order chi connectivity index (χ1) is 13.1. The summed E-state index contributed by atoms with van der Waals surface area (Å²) < 4.78 is 2.33. The van der Waals surface area contributed by atoms with Crippen LogP contribution in [0, 0.1) is 11.3 Å². The second-order valence-electron chi connectivity index (χ2n) is 7.07. The average molecular weight is 364 g/mol. The van der Waals surface area contributed by atoms with E-state index in [4.69, 9.17) is 0 Å². The molecule has 138 valence electrons. The molecule has 0 bridgehead atoms. The first-order valence-electron chi connectivity index (χ1n) is 9.24. The van der Waals surface area contributed by atoms with Gasteiger partial charge in [-0.3, -0.25) is 14.2 Å². The second kappa shape index (κ2) is 6.88. The Morgan fingerprint density at radius 3 is 2.85 bits per heavy atom. The lowest BCUT2D eigenvalue weighted by Crippen LogP contribution is -2.45. The summed E-state index contributed by atoms with van der Waals surface area (Å²) in [4.78, 5) is 37.8. The summed E-state index contributed by atoms with van der Waals surface area (Å²) in [5.41, 5.74) is 1.59. The SMILES string of the molecule is N#Cc1c2n(c(=O)n(CC(=O)N[C@@H]3CCCc4ccccc43)c1=O)CCC2. The molecule has 1 aromatic carbocycles. The molecule has 2 aromatic rings. The number of hydrogen-bond acceptors (Lipinski definition) is 4. The van der Waals surface area contributed by atoms with Crippen LogP contribution >= 0.6 is 0 Å². The van der Waals surface area contributed by atoms with E-state index in [1.54, 1.807) is 0 Å². The molecule has 0 fully saturated rings. The van der Waals surface area contributed by atoms with Crippen molar-refractivity contribution in [2.24, 2.45) is 0 Å². The highest BCUT2D eigenvalue weighted by Crippen LogP contribution is 2.29. The Labute approximate surface area is 155 Å². The fraction of sp³-hybridized carbons (Fsp3) is 0.400. The van der Waals surface area contributed by atoms with Crippen LogP contribution in [-0.2, 0) is 30.7 Å². The number of rotatable bonds is 3. The van der Waals surface area contributed by atoms with E-state index < -0.39 is 17.2 Å². The predicted octanol–water partition coefficient (Wildman–Crippen LogP) is 1.02. The second-order valence-corrected chi connectivity index (χ2v) is 7.07. The number of fused-ring (bicyclic) bond motifs is 2. The Kier molecular flexibility index (Phi) is 4.40. The zero-order chi connectivity index (χ0) is 19.0. The highest BCUT2D eigenvalue weighted by atomic mass is 16.2. The molecular weight excluding hydrogens is 344 g/mol. The maximum Gasteiger partial charge on any atom is 0.331 e. The average Bonchev–Trinajstić information content (AvgIpc) is 3.16. The standard InChI is InChI=1S/C20H20N4O3/c21-11-15-17-9-4-10-23(17)20(27)24(19(15)26)12-18(25)22-16-8-3-6-13-5-1-2-7-14(13)16/h1-2,5,7,16H,3-4,6,8-10,12H2,(H,22,25)/t16-/m1/s1. The van der Waals surface area contributed by atoms with E-state index in [9.17, 15) is 19.6 Å². The third kappa shape index (κ3) is 2.97. The molecule has 1 atom stereocenters. The van der Waals surface area contributed by atoms with Gasteiger partial charge in [0.15, 0.2) is 0 Å². The number of carbonyl (C=O) groups is 1. The number of hydrogen-bond donors (Lipinski definition) is 1. The fourth-order valence-corrected chi connectivity index (χ4v) is 4.18. The molecule has 1 aliphatic carbocycles. The lowest BCUT2D eigenvalue weighted by Gasteiger charge is -2.26. The van der Waals surface area contributed by atoms with E-state index in [0.717, 1.165) is 35.8 Å². The first kappa shape index (κ1) is 17.3. The number of carbonyl (C=O) groups excluding carboxylic acids is 1. The normalized spacial score (nSPS) is 17.7. The van der Waals surface area contributed by atoms with Crippen molar-refractivity contribution in [1.82, 2.24) is 14.5 Å². The lowest BCUT2D eigenvalue weighted by molar-refractivity contribution is -0.122. The Balaban J connectivity index is 1.61. The molecule has 1 amide bonds. The summed E-state index contributed by atoms with van der Waals surface area (Å²) in [6.07, 6.45) is 4.05. The van der Waals surface area contributed by atoms with E-state index in [-0.39, 0.29) is 18.2 Å². The zero-order valence-corrected chi connectivity index (χ0v) is 14.9. The largest absolute Gasteiger partial charge is 0.348 e. The molecule has 2 aliphatic rings. The van der Waals surface area contributed by atoms with Crippen molar-refractivity contribution in [2.45, 2.75) is 51.2 Å². The monoisotopic (exact) mass is 364 g/mol. The van der Waals surface area contributed by atoms with Gasteiger partial charge < -0.3 is 5.32 Å². The van der Waals surface area contributed by atoms with Gasteiger partial charge in [0.1, 0.15) is 18.2 Å². The predicted molar refractivity (Wildman–Crippen MR) is 98.3 cm³/mol. The third-order valence-electron chi connectivity index (χ3n) is 5.45. The smallest absolute Gasteiger partial charge is 0.331 e. The van der Waals surface area contributed by atoms with Crippen LogP contribution in [0.5, 0.6) is 0 Å². The van der Waals surface area contributed by atoms with Gasteiger partial charge in [-0.2, -0.15) is 5.26 Å². The van der Waals surface area contributed by atoms with Crippen molar-refractivity contribution in [3.63, 3.8) is 0 Å². The number of nitriles is 1. The summed E-state index contributed by atoms with van der Waals surface area (Å²) in [6, 6.07) is 9.78. The molecule has 0 unspecified atom stereocenters. The topological polar surface area (TPSA) is 96.9 Å².